The van der Waals surface area contributed by atoms with Crippen molar-refractivity contribution in [2.45, 2.75) is 6.61 Å². The van der Waals surface area contributed by atoms with E-state index < -0.39 is 0 Å². The molecule has 4 rings (SSSR count). The molecule has 0 radical (unpaired) electrons. The van der Waals surface area contributed by atoms with Gasteiger partial charge in [-0.3, -0.25) is 10.3 Å². The van der Waals surface area contributed by atoms with Crippen LogP contribution in [0.1, 0.15) is 5.56 Å². The number of benzene rings is 2. The van der Waals surface area contributed by atoms with E-state index in [0.29, 0.717) is 12.4 Å². The SMILES string of the molecule is Brc1cc2c(cc1COc1ccc(-c3nnn[n-]3)cc1)OCO2. The molecule has 3 aromatic rings. The monoisotopic (exact) mass is 373 g/mol. The van der Waals surface area contributed by atoms with Crippen LogP contribution in [0.5, 0.6) is 17.2 Å². The van der Waals surface area contributed by atoms with Crippen molar-refractivity contribution in [2.24, 2.45) is 0 Å². The molecule has 2 aromatic carbocycles. The first kappa shape index (κ1) is 14.0. The minimum Gasteiger partial charge on any atom is -0.489 e. The van der Waals surface area contributed by atoms with E-state index in [-0.39, 0.29) is 6.79 Å². The summed E-state index contributed by atoms with van der Waals surface area (Å²) in [7, 11) is 0. The molecule has 0 N–H and O–H groups in total. The van der Waals surface area contributed by atoms with E-state index in [4.69, 9.17) is 14.2 Å². The fourth-order valence-corrected chi connectivity index (χ4v) is 2.63. The van der Waals surface area contributed by atoms with Crippen LogP contribution in [-0.2, 0) is 6.61 Å². The largest absolute Gasteiger partial charge is 0.489 e. The number of hydrogen-bond donors (Lipinski definition) is 0. The van der Waals surface area contributed by atoms with Gasteiger partial charge < -0.3 is 19.3 Å². The normalized spacial score (nSPS) is 12.4. The molecule has 8 heteroatoms. The molecule has 2 heterocycles. The van der Waals surface area contributed by atoms with Crippen molar-refractivity contribution in [3.63, 3.8) is 0 Å². The van der Waals surface area contributed by atoms with E-state index >= 15 is 0 Å². The first-order valence-corrected chi connectivity index (χ1v) is 7.59. The number of tetrazole rings is 1. The van der Waals surface area contributed by atoms with Crippen LogP contribution in [0.25, 0.3) is 11.4 Å². The Balaban J connectivity index is 1.47. The standard InChI is InChI=1S/C15H10BrN4O3/c16-12-6-14-13(22-8-23-14)5-10(12)7-21-11-3-1-9(2-4-11)15-17-19-20-18-15/h1-6H,7-8H2/q-1. The van der Waals surface area contributed by atoms with E-state index in [9.17, 15) is 0 Å². The number of fused-ring (bicyclic) bond motifs is 1. The Bertz CT molecular complexity index is 821. The summed E-state index contributed by atoms with van der Waals surface area (Å²) in [5.74, 6) is 2.71. The van der Waals surface area contributed by atoms with Crippen LogP contribution < -0.4 is 19.3 Å². The van der Waals surface area contributed by atoms with E-state index in [0.717, 1.165) is 32.8 Å². The Labute approximate surface area is 139 Å². The minimum absolute atomic E-state index is 0.251. The molecule has 7 nitrogen and oxygen atoms in total. The van der Waals surface area contributed by atoms with Crippen LogP contribution in [0.15, 0.2) is 40.9 Å². The van der Waals surface area contributed by atoms with Gasteiger partial charge in [0.05, 0.1) is 0 Å². The summed E-state index contributed by atoms with van der Waals surface area (Å²) < 4.78 is 17.4. The molecule has 0 saturated carbocycles. The summed E-state index contributed by atoms with van der Waals surface area (Å²) in [4.78, 5) is 0. The van der Waals surface area contributed by atoms with Crippen LogP contribution in [0.3, 0.4) is 0 Å². The van der Waals surface area contributed by atoms with Crippen molar-refractivity contribution in [3.05, 3.63) is 46.4 Å². The third kappa shape index (κ3) is 2.85. The van der Waals surface area contributed by atoms with Crippen LogP contribution in [0.4, 0.5) is 0 Å². The molecule has 23 heavy (non-hydrogen) atoms. The van der Waals surface area contributed by atoms with E-state index in [1.165, 1.54) is 0 Å². The number of hydrogen-bond acceptors (Lipinski definition) is 6. The van der Waals surface area contributed by atoms with E-state index in [1.807, 2.05) is 36.4 Å². The lowest BCUT2D eigenvalue weighted by Gasteiger charge is -2.10. The summed E-state index contributed by atoms with van der Waals surface area (Å²) in [6, 6.07) is 11.2. The topological polar surface area (TPSA) is 80.5 Å². The molecule has 0 saturated heterocycles. The lowest BCUT2D eigenvalue weighted by molar-refractivity contribution is 0.174. The number of halogens is 1. The summed E-state index contributed by atoms with van der Waals surface area (Å²) in [6.07, 6.45) is 0. The van der Waals surface area contributed by atoms with Crippen molar-refractivity contribution in [2.75, 3.05) is 6.79 Å². The Kier molecular flexibility index (Phi) is 3.58. The molecular weight excluding hydrogens is 364 g/mol. The predicted octanol–water partition coefficient (Wildman–Crippen LogP) is 2.57. The summed E-state index contributed by atoms with van der Waals surface area (Å²) in [5, 5.41) is 14.6. The predicted molar refractivity (Wildman–Crippen MR) is 83.2 cm³/mol. The molecular formula is C15H10BrN4O3-. The van der Waals surface area contributed by atoms with Gasteiger partial charge in [0, 0.05) is 15.9 Å². The van der Waals surface area contributed by atoms with Crippen molar-refractivity contribution >= 4 is 15.9 Å². The second kappa shape index (κ2) is 5.88. The second-order valence-electron chi connectivity index (χ2n) is 4.81. The summed E-state index contributed by atoms with van der Waals surface area (Å²) in [5.41, 5.74) is 1.82. The van der Waals surface area contributed by atoms with Crippen molar-refractivity contribution in [3.8, 4) is 28.6 Å². The first-order chi connectivity index (χ1) is 11.3. The Morgan fingerprint density at radius 1 is 1.13 bits per heavy atom. The quantitative estimate of drug-likeness (QED) is 0.694. The van der Waals surface area contributed by atoms with Crippen LogP contribution in [0, 0.1) is 0 Å². The highest BCUT2D eigenvalue weighted by Crippen LogP contribution is 2.37. The van der Waals surface area contributed by atoms with Gasteiger partial charge in [-0.25, -0.2) is 0 Å². The molecule has 116 valence electrons. The molecule has 0 fully saturated rings. The first-order valence-electron chi connectivity index (χ1n) is 6.79. The average Bonchev–Trinajstić information content (AvgIpc) is 3.24. The fourth-order valence-electron chi connectivity index (χ4n) is 2.19. The number of nitrogens with zero attached hydrogens (tertiary/aromatic N) is 4. The highest BCUT2D eigenvalue weighted by atomic mass is 79.9. The molecule has 1 aliphatic rings. The van der Waals surface area contributed by atoms with Gasteiger partial charge in [0.15, 0.2) is 11.5 Å². The zero-order chi connectivity index (χ0) is 15.6. The number of rotatable bonds is 4. The van der Waals surface area contributed by atoms with Crippen molar-refractivity contribution in [1.29, 1.82) is 0 Å². The lowest BCUT2D eigenvalue weighted by atomic mass is 10.2. The minimum atomic E-state index is 0.251. The number of aromatic nitrogens is 4. The third-order valence-electron chi connectivity index (χ3n) is 3.37. The average molecular weight is 374 g/mol. The van der Waals surface area contributed by atoms with Gasteiger partial charge >= 0.3 is 0 Å². The Morgan fingerprint density at radius 2 is 1.91 bits per heavy atom. The number of ether oxygens (including phenoxy) is 3. The van der Waals surface area contributed by atoms with Gasteiger partial charge in [0.1, 0.15) is 12.4 Å². The highest BCUT2D eigenvalue weighted by molar-refractivity contribution is 9.10. The van der Waals surface area contributed by atoms with Gasteiger partial charge in [-0.05, 0) is 29.8 Å². The molecule has 0 atom stereocenters. The van der Waals surface area contributed by atoms with E-state index in [2.05, 4.69) is 36.6 Å². The molecule has 0 amide bonds. The summed E-state index contributed by atoms with van der Waals surface area (Å²) in [6.45, 7) is 0.660. The third-order valence-corrected chi connectivity index (χ3v) is 4.11. The zero-order valence-corrected chi connectivity index (χ0v) is 13.4. The molecule has 0 spiro atoms. The van der Waals surface area contributed by atoms with Gasteiger partial charge in [-0.15, -0.1) is 0 Å². The second-order valence-corrected chi connectivity index (χ2v) is 5.67. The molecule has 1 aromatic heterocycles. The summed E-state index contributed by atoms with van der Waals surface area (Å²) >= 11 is 3.52. The highest BCUT2D eigenvalue weighted by Gasteiger charge is 2.16. The maximum absolute atomic E-state index is 5.81. The van der Waals surface area contributed by atoms with Gasteiger partial charge in [-0.1, -0.05) is 28.1 Å². The zero-order valence-electron chi connectivity index (χ0n) is 11.8. The van der Waals surface area contributed by atoms with Gasteiger partial charge in [0.25, 0.3) is 0 Å². The molecule has 0 bridgehead atoms. The van der Waals surface area contributed by atoms with Crippen LogP contribution in [-0.4, -0.2) is 22.3 Å². The Hall–Kier alpha value is -2.61. The maximum Gasteiger partial charge on any atom is 0.231 e. The van der Waals surface area contributed by atoms with Crippen molar-refractivity contribution in [1.82, 2.24) is 20.6 Å². The van der Waals surface area contributed by atoms with E-state index in [1.54, 1.807) is 0 Å². The smallest absolute Gasteiger partial charge is 0.231 e. The van der Waals surface area contributed by atoms with Gasteiger partial charge in [-0.2, -0.15) is 5.21 Å². The maximum atomic E-state index is 5.81. The Morgan fingerprint density at radius 3 is 2.65 bits per heavy atom. The molecule has 1 aliphatic heterocycles. The molecule has 0 unspecified atom stereocenters. The lowest BCUT2D eigenvalue weighted by Crippen LogP contribution is -1.97. The molecule has 0 aliphatic carbocycles. The van der Waals surface area contributed by atoms with Crippen LogP contribution in [0.2, 0.25) is 0 Å². The van der Waals surface area contributed by atoms with Crippen molar-refractivity contribution < 1.29 is 14.2 Å². The van der Waals surface area contributed by atoms with Crippen LogP contribution >= 0.6 is 15.9 Å². The fraction of sp³-hybridized carbons (Fsp3) is 0.133. The van der Waals surface area contributed by atoms with Gasteiger partial charge in [0.2, 0.25) is 6.79 Å².